The van der Waals surface area contributed by atoms with E-state index in [0.29, 0.717) is 6.07 Å². The molecule has 2 amide bonds. The van der Waals surface area contributed by atoms with Crippen LogP contribution in [0.4, 0.5) is 14.5 Å². The van der Waals surface area contributed by atoms with Crippen LogP contribution in [0.15, 0.2) is 18.2 Å². The number of amides is 2. The van der Waals surface area contributed by atoms with Crippen molar-refractivity contribution in [2.24, 2.45) is 0 Å². The van der Waals surface area contributed by atoms with E-state index in [2.05, 4.69) is 10.6 Å². The lowest BCUT2D eigenvalue weighted by atomic mass is 10.1. The summed E-state index contributed by atoms with van der Waals surface area (Å²) in [5, 5.41) is 4.82. The average molecular weight is 270 g/mol. The monoisotopic (exact) mass is 270 g/mol. The van der Waals surface area contributed by atoms with Crippen molar-refractivity contribution in [3.05, 3.63) is 29.8 Å². The molecule has 19 heavy (non-hydrogen) atoms. The smallest absolute Gasteiger partial charge is 0.233 e. The van der Waals surface area contributed by atoms with Gasteiger partial charge < -0.3 is 10.6 Å². The first-order valence-corrected chi connectivity index (χ1v) is 5.73. The highest BCUT2D eigenvalue weighted by Gasteiger charge is 2.17. The Hall–Kier alpha value is -1.98. The highest BCUT2D eigenvalue weighted by atomic mass is 19.1. The van der Waals surface area contributed by atoms with Gasteiger partial charge in [-0.2, -0.15) is 0 Å². The van der Waals surface area contributed by atoms with Gasteiger partial charge in [0, 0.05) is 11.6 Å². The summed E-state index contributed by atoms with van der Waals surface area (Å²) in [4.78, 5) is 23.0. The highest BCUT2D eigenvalue weighted by molar-refractivity contribution is 6.03. The third kappa shape index (κ3) is 5.46. The molecule has 0 radical (unpaired) electrons. The fraction of sp³-hybridized carbons (Fsp3) is 0.385. The van der Waals surface area contributed by atoms with Crippen LogP contribution in [-0.4, -0.2) is 17.4 Å². The van der Waals surface area contributed by atoms with Gasteiger partial charge in [0.25, 0.3) is 0 Å². The Morgan fingerprint density at radius 3 is 2.32 bits per heavy atom. The molecule has 104 valence electrons. The molecule has 0 aliphatic heterocycles. The van der Waals surface area contributed by atoms with Crippen molar-refractivity contribution in [2.75, 3.05) is 5.32 Å². The molecule has 0 fully saturated rings. The van der Waals surface area contributed by atoms with Crippen LogP contribution in [0.1, 0.15) is 27.2 Å². The molecule has 6 heteroatoms. The van der Waals surface area contributed by atoms with Crippen molar-refractivity contribution < 1.29 is 18.4 Å². The van der Waals surface area contributed by atoms with Crippen LogP contribution < -0.4 is 10.6 Å². The number of hydrogen-bond acceptors (Lipinski definition) is 2. The van der Waals surface area contributed by atoms with E-state index in [1.54, 1.807) is 20.8 Å². The minimum atomic E-state index is -0.885. The van der Waals surface area contributed by atoms with E-state index in [0.717, 1.165) is 12.1 Å². The first kappa shape index (κ1) is 15.1. The molecular weight excluding hydrogens is 254 g/mol. The van der Waals surface area contributed by atoms with Gasteiger partial charge in [0.15, 0.2) is 0 Å². The largest absolute Gasteiger partial charge is 0.351 e. The summed E-state index contributed by atoms with van der Waals surface area (Å²) in [6.07, 6.45) is -0.423. The summed E-state index contributed by atoms with van der Waals surface area (Å²) in [5.41, 5.74) is -0.603. The van der Waals surface area contributed by atoms with Gasteiger partial charge in [0.1, 0.15) is 18.1 Å². The number of anilines is 1. The summed E-state index contributed by atoms with van der Waals surface area (Å²) in [5.74, 6) is -2.75. The Balaban J connectivity index is 2.58. The molecule has 0 atom stereocenters. The lowest BCUT2D eigenvalue weighted by Crippen LogP contribution is -2.41. The molecule has 1 aromatic carbocycles. The highest BCUT2D eigenvalue weighted by Crippen LogP contribution is 2.15. The van der Waals surface area contributed by atoms with Gasteiger partial charge in [0.2, 0.25) is 11.8 Å². The molecule has 0 saturated heterocycles. The summed E-state index contributed by atoms with van der Waals surface area (Å²) in [6, 6.07) is 2.78. The van der Waals surface area contributed by atoms with E-state index in [-0.39, 0.29) is 5.69 Å². The van der Waals surface area contributed by atoms with Crippen LogP contribution in [0.25, 0.3) is 0 Å². The predicted octanol–water partition coefficient (Wildman–Crippen LogP) is 2.21. The van der Waals surface area contributed by atoms with Gasteiger partial charge in [-0.15, -0.1) is 0 Å². The van der Waals surface area contributed by atoms with E-state index in [1.165, 1.54) is 0 Å². The zero-order valence-electron chi connectivity index (χ0n) is 11.0. The van der Waals surface area contributed by atoms with Crippen LogP contribution in [0.2, 0.25) is 0 Å². The Labute approximate surface area is 110 Å². The van der Waals surface area contributed by atoms with Gasteiger partial charge in [-0.25, -0.2) is 8.78 Å². The van der Waals surface area contributed by atoms with E-state index in [1.807, 2.05) is 0 Å². The Morgan fingerprint density at radius 1 is 1.16 bits per heavy atom. The molecule has 0 spiro atoms. The minimum absolute atomic E-state index is 0.157. The second kappa shape index (κ2) is 5.77. The molecule has 0 saturated carbocycles. The third-order valence-corrected chi connectivity index (χ3v) is 2.04. The Morgan fingerprint density at radius 2 is 1.79 bits per heavy atom. The van der Waals surface area contributed by atoms with Crippen molar-refractivity contribution in [2.45, 2.75) is 32.7 Å². The van der Waals surface area contributed by atoms with Crippen LogP contribution in [-0.2, 0) is 9.59 Å². The van der Waals surface area contributed by atoms with Crippen molar-refractivity contribution in [3.8, 4) is 0 Å². The normalized spacial score (nSPS) is 11.0. The van der Waals surface area contributed by atoms with Crippen molar-refractivity contribution in [3.63, 3.8) is 0 Å². The number of halogens is 2. The van der Waals surface area contributed by atoms with Crippen LogP contribution >= 0.6 is 0 Å². The molecule has 0 aliphatic rings. The molecule has 0 heterocycles. The topological polar surface area (TPSA) is 58.2 Å². The standard InChI is InChI=1S/C13H16F2N2O2/c1-13(2,3)17-12(19)7-11(18)16-10-5-4-8(14)6-9(10)15/h4-6H,7H2,1-3H3,(H,16,18)(H,17,19). The number of hydrogen-bond donors (Lipinski definition) is 2. The SMILES string of the molecule is CC(C)(C)NC(=O)CC(=O)Nc1ccc(F)cc1F. The first-order valence-electron chi connectivity index (χ1n) is 5.73. The molecule has 0 aliphatic carbocycles. The Kier molecular flexibility index (Phi) is 4.58. The molecule has 0 unspecified atom stereocenters. The maximum atomic E-state index is 13.3. The maximum absolute atomic E-state index is 13.3. The summed E-state index contributed by atoms with van der Waals surface area (Å²) < 4.78 is 25.9. The minimum Gasteiger partial charge on any atom is -0.351 e. The van der Waals surface area contributed by atoms with Crippen LogP contribution in [0.5, 0.6) is 0 Å². The molecule has 4 nitrogen and oxygen atoms in total. The van der Waals surface area contributed by atoms with Crippen molar-refractivity contribution in [1.29, 1.82) is 0 Å². The van der Waals surface area contributed by atoms with E-state index < -0.39 is 35.4 Å². The van der Waals surface area contributed by atoms with Gasteiger partial charge in [-0.1, -0.05) is 0 Å². The summed E-state index contributed by atoms with van der Waals surface area (Å²) in [7, 11) is 0. The zero-order valence-corrected chi connectivity index (χ0v) is 11.0. The molecule has 1 aromatic rings. The van der Waals surface area contributed by atoms with Gasteiger partial charge >= 0.3 is 0 Å². The average Bonchev–Trinajstić information content (AvgIpc) is 2.19. The second-order valence-electron chi connectivity index (χ2n) is 5.15. The fourth-order valence-electron chi connectivity index (χ4n) is 1.39. The molecule has 0 bridgehead atoms. The molecule has 2 N–H and O–H groups in total. The molecule has 1 rings (SSSR count). The summed E-state index contributed by atoms with van der Waals surface area (Å²) >= 11 is 0. The molecule has 0 aromatic heterocycles. The lowest BCUT2D eigenvalue weighted by Gasteiger charge is -2.20. The van der Waals surface area contributed by atoms with E-state index >= 15 is 0 Å². The van der Waals surface area contributed by atoms with Gasteiger partial charge in [-0.05, 0) is 32.9 Å². The number of benzene rings is 1. The number of carbonyl (C=O) groups excluding carboxylic acids is 2. The summed E-state index contributed by atoms with van der Waals surface area (Å²) in [6.45, 7) is 5.34. The Bertz CT molecular complexity index is 496. The van der Waals surface area contributed by atoms with Crippen LogP contribution in [0, 0.1) is 11.6 Å². The van der Waals surface area contributed by atoms with Gasteiger partial charge in [-0.3, -0.25) is 9.59 Å². The number of nitrogens with one attached hydrogen (secondary N) is 2. The first-order chi connectivity index (χ1) is 8.67. The quantitative estimate of drug-likeness (QED) is 0.827. The lowest BCUT2D eigenvalue weighted by molar-refractivity contribution is -0.127. The van der Waals surface area contributed by atoms with Crippen LogP contribution in [0.3, 0.4) is 0 Å². The van der Waals surface area contributed by atoms with E-state index in [4.69, 9.17) is 0 Å². The fourth-order valence-corrected chi connectivity index (χ4v) is 1.39. The second-order valence-corrected chi connectivity index (χ2v) is 5.15. The molecular formula is C13H16F2N2O2. The van der Waals surface area contributed by atoms with Crippen molar-refractivity contribution in [1.82, 2.24) is 5.32 Å². The maximum Gasteiger partial charge on any atom is 0.233 e. The van der Waals surface area contributed by atoms with Crippen molar-refractivity contribution >= 4 is 17.5 Å². The predicted molar refractivity (Wildman–Crippen MR) is 67.5 cm³/mol. The zero-order chi connectivity index (χ0) is 14.6. The third-order valence-electron chi connectivity index (χ3n) is 2.04. The van der Waals surface area contributed by atoms with E-state index in [9.17, 15) is 18.4 Å². The van der Waals surface area contributed by atoms with Gasteiger partial charge in [0.05, 0.1) is 5.69 Å². The number of rotatable bonds is 3. The number of carbonyl (C=O) groups is 2.